The van der Waals surface area contributed by atoms with Crippen LogP contribution in [-0.4, -0.2) is 34.8 Å². The third kappa shape index (κ3) is 3.75. The molecule has 0 aromatic heterocycles. The van der Waals surface area contributed by atoms with Crippen molar-refractivity contribution in [2.45, 2.75) is 18.7 Å². The predicted octanol–water partition coefficient (Wildman–Crippen LogP) is -0.923. The Labute approximate surface area is 68.3 Å². The Balaban J connectivity index is 4.38. The minimum absolute atomic E-state index is 0.117. The highest BCUT2D eigenvalue weighted by Gasteiger charge is 2.24. The van der Waals surface area contributed by atoms with Gasteiger partial charge in [-0.2, -0.15) is 0 Å². The van der Waals surface area contributed by atoms with Gasteiger partial charge >= 0.3 is 0 Å². The van der Waals surface area contributed by atoms with Gasteiger partial charge in [-0.25, -0.2) is 9.59 Å². The molecule has 0 atom stereocenters. The standard InChI is InChI=1S/C6H8N2O4/c9-3-1-2-6(12,7-4-10)8-5-11/h9,12H,1-3H2. The van der Waals surface area contributed by atoms with Crippen LogP contribution in [0, 0.1) is 0 Å². The quantitative estimate of drug-likeness (QED) is 0.413. The molecule has 66 valence electrons. The first kappa shape index (κ1) is 10.7. The van der Waals surface area contributed by atoms with Crippen LogP contribution in [0.1, 0.15) is 12.8 Å². The van der Waals surface area contributed by atoms with E-state index in [1.807, 2.05) is 0 Å². The van der Waals surface area contributed by atoms with Crippen molar-refractivity contribution in [3.05, 3.63) is 0 Å². The van der Waals surface area contributed by atoms with E-state index in [-0.39, 0.29) is 19.4 Å². The molecule has 0 saturated carbocycles. The molecule has 0 aromatic carbocycles. The van der Waals surface area contributed by atoms with Crippen molar-refractivity contribution in [3.63, 3.8) is 0 Å². The van der Waals surface area contributed by atoms with Crippen LogP contribution < -0.4 is 0 Å². The van der Waals surface area contributed by atoms with Crippen LogP contribution in [0.15, 0.2) is 9.98 Å². The van der Waals surface area contributed by atoms with E-state index in [9.17, 15) is 14.7 Å². The Morgan fingerprint density at radius 1 is 1.25 bits per heavy atom. The van der Waals surface area contributed by atoms with E-state index in [2.05, 4.69) is 9.98 Å². The Hall–Kier alpha value is -1.32. The zero-order valence-electron chi connectivity index (χ0n) is 6.23. The topological polar surface area (TPSA) is 99.3 Å². The summed E-state index contributed by atoms with van der Waals surface area (Å²) in [4.78, 5) is 25.3. The molecule has 0 amide bonds. The summed E-state index contributed by atoms with van der Waals surface area (Å²) in [7, 11) is 0. The van der Waals surface area contributed by atoms with Crippen LogP contribution >= 0.6 is 0 Å². The Morgan fingerprint density at radius 2 is 1.75 bits per heavy atom. The molecule has 6 nitrogen and oxygen atoms in total. The van der Waals surface area contributed by atoms with Crippen molar-refractivity contribution in [2.75, 3.05) is 6.61 Å². The molecule has 0 spiro atoms. The third-order valence-corrected chi connectivity index (χ3v) is 1.12. The molecule has 0 rings (SSSR count). The highest BCUT2D eigenvalue weighted by molar-refractivity contribution is 5.37. The second-order valence-electron chi connectivity index (χ2n) is 2.01. The molecule has 0 radical (unpaired) electrons. The Bertz CT molecular complexity index is 210. The number of rotatable bonds is 5. The molecule has 0 heterocycles. The second-order valence-corrected chi connectivity index (χ2v) is 2.01. The maximum absolute atomic E-state index is 9.75. The van der Waals surface area contributed by atoms with Crippen molar-refractivity contribution in [3.8, 4) is 0 Å². The van der Waals surface area contributed by atoms with Gasteiger partial charge in [0.15, 0.2) is 0 Å². The average molecular weight is 172 g/mol. The highest BCUT2D eigenvalue weighted by atomic mass is 16.3. The van der Waals surface area contributed by atoms with E-state index in [1.165, 1.54) is 0 Å². The minimum atomic E-state index is -2.10. The summed E-state index contributed by atoms with van der Waals surface area (Å²) in [5.41, 5.74) is 0. The molecule has 0 fully saturated rings. The first-order chi connectivity index (χ1) is 5.68. The van der Waals surface area contributed by atoms with Gasteiger partial charge in [0.25, 0.3) is 5.85 Å². The van der Waals surface area contributed by atoms with Gasteiger partial charge in [0, 0.05) is 13.0 Å². The van der Waals surface area contributed by atoms with E-state index >= 15 is 0 Å². The molecule has 0 aliphatic carbocycles. The summed E-state index contributed by atoms with van der Waals surface area (Å²) in [5, 5.41) is 17.5. The maximum Gasteiger partial charge on any atom is 0.276 e. The van der Waals surface area contributed by atoms with E-state index in [1.54, 1.807) is 0 Å². The first-order valence-electron chi connectivity index (χ1n) is 3.20. The van der Waals surface area contributed by atoms with E-state index < -0.39 is 5.85 Å². The molecule has 0 aliphatic rings. The molecule has 0 aromatic rings. The van der Waals surface area contributed by atoms with Crippen molar-refractivity contribution in [1.82, 2.24) is 0 Å². The van der Waals surface area contributed by atoms with Gasteiger partial charge < -0.3 is 10.2 Å². The number of nitrogens with zero attached hydrogens (tertiary/aromatic N) is 2. The number of hydrogen-bond acceptors (Lipinski definition) is 6. The second kappa shape index (κ2) is 5.35. The van der Waals surface area contributed by atoms with Gasteiger partial charge in [0.1, 0.15) is 0 Å². The molecule has 0 bridgehead atoms. The summed E-state index contributed by atoms with van der Waals surface area (Å²) in [6, 6.07) is 0. The first-order valence-corrected chi connectivity index (χ1v) is 3.20. The van der Waals surface area contributed by atoms with Crippen LogP contribution in [0.2, 0.25) is 0 Å². The fourth-order valence-electron chi connectivity index (χ4n) is 0.599. The molecule has 0 saturated heterocycles. The van der Waals surface area contributed by atoms with Crippen molar-refractivity contribution in [2.24, 2.45) is 9.98 Å². The van der Waals surface area contributed by atoms with Crippen LogP contribution in [0.25, 0.3) is 0 Å². The summed E-state index contributed by atoms with van der Waals surface area (Å²) in [6.07, 6.45) is 2.20. The zero-order chi connectivity index (χ0) is 9.45. The van der Waals surface area contributed by atoms with E-state index in [0.717, 1.165) is 12.2 Å². The lowest BCUT2D eigenvalue weighted by atomic mass is 10.2. The van der Waals surface area contributed by atoms with Crippen LogP contribution in [0.5, 0.6) is 0 Å². The lowest BCUT2D eigenvalue weighted by Crippen LogP contribution is -2.22. The van der Waals surface area contributed by atoms with E-state index in [4.69, 9.17) is 5.11 Å². The summed E-state index contributed by atoms with van der Waals surface area (Å²) >= 11 is 0. The normalized spacial score (nSPS) is 13.8. The van der Waals surface area contributed by atoms with Crippen LogP contribution in [0.3, 0.4) is 0 Å². The SMILES string of the molecule is O=C=NC(O)(CCCO)N=C=O. The van der Waals surface area contributed by atoms with Gasteiger partial charge in [-0.05, 0) is 6.42 Å². The number of carbonyl (C=O) groups excluding carboxylic acids is 2. The lowest BCUT2D eigenvalue weighted by molar-refractivity contribution is 0.0431. The number of aliphatic hydroxyl groups is 2. The van der Waals surface area contributed by atoms with Gasteiger partial charge in [-0.3, -0.25) is 0 Å². The number of hydrogen-bond donors (Lipinski definition) is 2. The van der Waals surface area contributed by atoms with Crippen molar-refractivity contribution < 1.29 is 19.8 Å². The predicted molar refractivity (Wildman–Crippen MR) is 37.5 cm³/mol. The number of aliphatic hydroxyl groups excluding tert-OH is 1. The summed E-state index contributed by atoms with van der Waals surface area (Å²) < 4.78 is 0. The average Bonchev–Trinajstić information content (AvgIpc) is 2.02. The smallest absolute Gasteiger partial charge is 0.276 e. The van der Waals surface area contributed by atoms with Crippen LogP contribution in [-0.2, 0) is 9.59 Å². The number of isocyanates is 2. The van der Waals surface area contributed by atoms with E-state index in [0.29, 0.717) is 0 Å². The molecular weight excluding hydrogens is 164 g/mol. The monoisotopic (exact) mass is 172 g/mol. The van der Waals surface area contributed by atoms with Gasteiger partial charge in [0.05, 0.1) is 0 Å². The maximum atomic E-state index is 9.75. The fraction of sp³-hybridized carbons (Fsp3) is 0.667. The van der Waals surface area contributed by atoms with Gasteiger partial charge in [0.2, 0.25) is 12.2 Å². The molecule has 0 aliphatic heterocycles. The third-order valence-electron chi connectivity index (χ3n) is 1.12. The largest absolute Gasteiger partial charge is 0.396 e. The minimum Gasteiger partial charge on any atom is -0.396 e. The molecular formula is C6H8N2O4. The van der Waals surface area contributed by atoms with Gasteiger partial charge in [-0.15, -0.1) is 9.98 Å². The Morgan fingerprint density at radius 3 is 2.08 bits per heavy atom. The number of aliphatic imine (C=N–C) groups is 2. The highest BCUT2D eigenvalue weighted by Crippen LogP contribution is 2.14. The van der Waals surface area contributed by atoms with Gasteiger partial charge in [-0.1, -0.05) is 0 Å². The Kier molecular flexibility index (Phi) is 4.76. The molecule has 2 N–H and O–H groups in total. The summed E-state index contributed by atoms with van der Waals surface area (Å²) in [5.74, 6) is -2.10. The van der Waals surface area contributed by atoms with Crippen molar-refractivity contribution in [1.29, 1.82) is 0 Å². The molecule has 0 unspecified atom stereocenters. The molecule has 12 heavy (non-hydrogen) atoms. The lowest BCUT2D eigenvalue weighted by Gasteiger charge is -2.12. The van der Waals surface area contributed by atoms with Crippen LogP contribution in [0.4, 0.5) is 0 Å². The molecule has 6 heteroatoms. The fourth-order valence-corrected chi connectivity index (χ4v) is 0.599. The summed E-state index contributed by atoms with van der Waals surface area (Å²) in [6.45, 7) is -0.189. The zero-order valence-corrected chi connectivity index (χ0v) is 6.23. The van der Waals surface area contributed by atoms with Crippen molar-refractivity contribution >= 4 is 12.2 Å².